The van der Waals surface area contributed by atoms with Gasteiger partial charge >= 0.3 is 0 Å². The summed E-state index contributed by atoms with van der Waals surface area (Å²) in [5, 5.41) is 15.5. The molecule has 6 nitrogen and oxygen atoms in total. The van der Waals surface area contributed by atoms with Crippen molar-refractivity contribution in [2.75, 3.05) is 0 Å². The molecule has 7 heteroatoms. The van der Waals surface area contributed by atoms with Gasteiger partial charge in [-0.3, -0.25) is 9.13 Å². The smallest absolute Gasteiger partial charge is 0.235 e. The quantitative estimate of drug-likeness (QED) is 0.172. The number of para-hydroxylation sites is 2. The molecule has 0 amide bonds. The van der Waals surface area contributed by atoms with Crippen molar-refractivity contribution in [1.82, 2.24) is 29.1 Å². The Kier molecular flexibility index (Phi) is 9.83. The van der Waals surface area contributed by atoms with Gasteiger partial charge in [-0.25, -0.2) is 19.9 Å². The van der Waals surface area contributed by atoms with Gasteiger partial charge in [0.15, 0.2) is 0 Å². The molecular weight excluding hydrogens is 1160 g/mol. The molecular formula is C87H50N6S. The van der Waals surface area contributed by atoms with Crippen LogP contribution in [0.4, 0.5) is 0 Å². The van der Waals surface area contributed by atoms with E-state index in [4.69, 9.17) is 19.9 Å². The van der Waals surface area contributed by atoms with E-state index in [-0.39, 0.29) is 5.41 Å². The first kappa shape index (κ1) is 50.8. The number of aromatic nitrogens is 6. The maximum Gasteiger partial charge on any atom is 0.235 e. The molecule has 14 aromatic carbocycles. The molecule has 19 aromatic rings. The summed E-state index contributed by atoms with van der Waals surface area (Å²) >= 11 is 1.78. The van der Waals surface area contributed by atoms with E-state index in [0.29, 0.717) is 11.9 Å². The van der Waals surface area contributed by atoms with Crippen LogP contribution >= 0.6 is 11.3 Å². The largest absolute Gasteiger partial charge is 0.278 e. The van der Waals surface area contributed by atoms with Crippen LogP contribution in [-0.4, -0.2) is 29.1 Å². The molecule has 3 aliphatic rings. The topological polar surface area (TPSA) is 61.4 Å². The van der Waals surface area contributed by atoms with E-state index in [1.54, 1.807) is 11.3 Å². The highest BCUT2D eigenvalue weighted by Gasteiger charge is 2.41. The number of benzene rings is 14. The standard InChI is InChI=1S/C87H50N6S/c1-87(2)70-30-13-9-26-65(70)81-79(87)80(88-85(89-81)92-71-31-14-10-23-55(71)68-42-47-18-3-5-20-49(47)45-73(68)92)63-40-38-60-53-22-7-8-25-58(53)77-52(36-37-61(63)78(60)77)51-34-35-54-57-28-17-29-59-64(41-39-62(76(57)59)67(54)44-51)82-84-83(66-27-12-16-33-75(66)94-84)91-86(90-82)93-72-32-15-11-24-56(72)69-43-48-19-4-6-21-50(48)46-74(69)93/h3-46H,1-2H3. The number of hydrogen-bond donors (Lipinski definition) is 0. The van der Waals surface area contributed by atoms with Crippen molar-refractivity contribution in [3.63, 3.8) is 0 Å². The molecule has 0 radical (unpaired) electrons. The summed E-state index contributed by atoms with van der Waals surface area (Å²) in [5.41, 5.74) is 25.9. The van der Waals surface area contributed by atoms with Gasteiger partial charge in [0, 0.05) is 59.3 Å². The van der Waals surface area contributed by atoms with Crippen molar-refractivity contribution in [1.29, 1.82) is 0 Å². The van der Waals surface area contributed by atoms with Gasteiger partial charge in [0.25, 0.3) is 0 Å². The van der Waals surface area contributed by atoms with Crippen molar-refractivity contribution in [2.45, 2.75) is 19.3 Å². The van der Waals surface area contributed by atoms with E-state index in [2.05, 4.69) is 290 Å². The molecule has 0 saturated carbocycles. The average molecular weight is 1210 g/mol. The molecule has 94 heavy (non-hydrogen) atoms. The van der Waals surface area contributed by atoms with E-state index in [1.807, 2.05) is 0 Å². The highest BCUT2D eigenvalue weighted by Crippen LogP contribution is 2.58. The Morgan fingerprint density at radius 1 is 0.309 bits per heavy atom. The molecule has 5 heterocycles. The zero-order chi connectivity index (χ0) is 61.4. The van der Waals surface area contributed by atoms with Gasteiger partial charge in [0.05, 0.1) is 49.4 Å². The Hall–Kier alpha value is -11.9. The number of nitrogens with zero attached hydrogens (tertiary/aromatic N) is 6. The first-order valence-corrected chi connectivity index (χ1v) is 33.2. The van der Waals surface area contributed by atoms with E-state index in [1.165, 1.54) is 131 Å². The van der Waals surface area contributed by atoms with Crippen LogP contribution in [0.3, 0.4) is 0 Å². The van der Waals surface area contributed by atoms with E-state index >= 15 is 0 Å². The second-order valence-electron chi connectivity index (χ2n) is 26.3. The fourth-order valence-corrected chi connectivity index (χ4v) is 18.2. The summed E-state index contributed by atoms with van der Waals surface area (Å²) in [5.74, 6) is 1.33. The van der Waals surface area contributed by atoms with Gasteiger partial charge < -0.3 is 0 Å². The number of thiophene rings is 1. The predicted molar refractivity (Wildman–Crippen MR) is 392 cm³/mol. The van der Waals surface area contributed by atoms with Crippen LogP contribution in [0.25, 0.3) is 208 Å². The molecule has 0 aliphatic heterocycles. The lowest BCUT2D eigenvalue weighted by Crippen LogP contribution is -2.18. The first-order chi connectivity index (χ1) is 46.4. The monoisotopic (exact) mass is 1210 g/mol. The van der Waals surface area contributed by atoms with Crippen LogP contribution < -0.4 is 0 Å². The Bertz CT molecular complexity index is 6710. The Labute approximate surface area is 542 Å². The molecule has 5 aromatic heterocycles. The molecule has 0 spiro atoms. The lowest BCUT2D eigenvalue weighted by molar-refractivity contribution is 0.657. The van der Waals surface area contributed by atoms with Crippen LogP contribution in [0, 0.1) is 0 Å². The summed E-state index contributed by atoms with van der Waals surface area (Å²) < 4.78 is 6.87. The van der Waals surface area contributed by atoms with Crippen molar-refractivity contribution in [3.8, 4) is 101 Å². The third-order valence-corrected chi connectivity index (χ3v) is 22.4. The molecule has 0 saturated heterocycles. The lowest BCUT2D eigenvalue weighted by atomic mass is 9.80. The minimum absolute atomic E-state index is 0.383. The normalized spacial score (nSPS) is 13.3. The highest BCUT2D eigenvalue weighted by molar-refractivity contribution is 7.26. The summed E-state index contributed by atoms with van der Waals surface area (Å²) in [6.07, 6.45) is 0. The third-order valence-electron chi connectivity index (χ3n) is 21.2. The molecule has 434 valence electrons. The Morgan fingerprint density at radius 2 is 0.787 bits per heavy atom. The van der Waals surface area contributed by atoms with Crippen molar-refractivity contribution >= 4 is 118 Å². The molecule has 0 unspecified atom stereocenters. The van der Waals surface area contributed by atoms with Gasteiger partial charge in [0.1, 0.15) is 0 Å². The molecule has 0 atom stereocenters. The predicted octanol–water partition coefficient (Wildman–Crippen LogP) is 23.0. The van der Waals surface area contributed by atoms with Gasteiger partial charge in [-0.1, -0.05) is 232 Å². The van der Waals surface area contributed by atoms with Crippen molar-refractivity contribution in [3.05, 3.63) is 278 Å². The third kappa shape index (κ3) is 6.62. The molecule has 22 rings (SSSR count). The van der Waals surface area contributed by atoms with Crippen LogP contribution in [0.1, 0.15) is 25.0 Å². The van der Waals surface area contributed by atoms with E-state index in [0.717, 1.165) is 77.0 Å². The second kappa shape index (κ2) is 18.2. The second-order valence-corrected chi connectivity index (χ2v) is 27.4. The van der Waals surface area contributed by atoms with Gasteiger partial charge in [-0.15, -0.1) is 11.3 Å². The molecule has 0 N–H and O–H groups in total. The zero-order valence-electron chi connectivity index (χ0n) is 51.0. The average Bonchev–Trinajstić information content (AvgIpc) is 1.54. The van der Waals surface area contributed by atoms with Crippen LogP contribution in [0.5, 0.6) is 0 Å². The van der Waals surface area contributed by atoms with Gasteiger partial charge in [0.2, 0.25) is 11.9 Å². The number of fused-ring (bicyclic) bond motifs is 20. The number of rotatable bonds is 5. The summed E-state index contributed by atoms with van der Waals surface area (Å²) in [6, 6.07) is 98.7. The molecule has 3 aliphatic carbocycles. The van der Waals surface area contributed by atoms with Crippen LogP contribution in [0.2, 0.25) is 0 Å². The minimum atomic E-state index is -0.383. The number of hydrogen-bond acceptors (Lipinski definition) is 5. The Morgan fingerprint density at radius 3 is 1.50 bits per heavy atom. The fraction of sp³-hybridized carbons (Fsp3) is 0.0345. The van der Waals surface area contributed by atoms with Crippen LogP contribution in [0.15, 0.2) is 267 Å². The zero-order valence-corrected chi connectivity index (χ0v) is 51.8. The molecule has 0 fully saturated rings. The van der Waals surface area contributed by atoms with Crippen LogP contribution in [-0.2, 0) is 5.41 Å². The van der Waals surface area contributed by atoms with E-state index < -0.39 is 0 Å². The van der Waals surface area contributed by atoms with Crippen molar-refractivity contribution in [2.24, 2.45) is 0 Å². The van der Waals surface area contributed by atoms with Gasteiger partial charge in [-0.2, -0.15) is 0 Å². The summed E-state index contributed by atoms with van der Waals surface area (Å²) in [7, 11) is 0. The maximum absolute atomic E-state index is 5.89. The summed E-state index contributed by atoms with van der Waals surface area (Å²) in [4.78, 5) is 22.9. The lowest BCUT2D eigenvalue weighted by Gasteiger charge is -2.24. The highest BCUT2D eigenvalue weighted by atomic mass is 32.1. The van der Waals surface area contributed by atoms with Gasteiger partial charge in [-0.05, 0) is 153 Å². The maximum atomic E-state index is 5.89. The Balaban J connectivity index is 0.731. The summed E-state index contributed by atoms with van der Waals surface area (Å²) in [6.45, 7) is 4.70. The molecule has 0 bridgehead atoms. The van der Waals surface area contributed by atoms with Crippen molar-refractivity contribution < 1.29 is 0 Å². The fourth-order valence-electron chi connectivity index (χ4n) is 17.1. The minimum Gasteiger partial charge on any atom is -0.278 e. The van der Waals surface area contributed by atoms with E-state index in [9.17, 15) is 0 Å². The first-order valence-electron chi connectivity index (χ1n) is 32.4. The SMILES string of the molecule is CC1(C)c2ccccc2-c2nc(-n3c4ccccc4c4cc5ccccc5cc43)nc(-c3ccc4c5c(c(-c6ccc7c(c6)-c6ccc(-c8nc(-n9c%10ccccc%10c%10cc%11ccccc%11cc%109)nc9c8sc8ccccc89)c8cccc-7c68)ccc35)-c3ccccc3-4)c21.